The Morgan fingerprint density at radius 2 is 2.00 bits per heavy atom. The molecule has 0 aromatic rings. The molecule has 1 N–H and O–H groups in total. The van der Waals surface area contributed by atoms with Crippen LogP contribution in [0.2, 0.25) is 0 Å². The molecule has 0 amide bonds. The molecule has 0 rings (SSSR count). The molecule has 0 aliphatic heterocycles. The minimum atomic E-state index is -1.06. The summed E-state index contributed by atoms with van der Waals surface area (Å²) in [6.45, 7) is 13.4. The lowest BCUT2D eigenvalue weighted by Crippen LogP contribution is -2.17. The molecule has 5 heteroatoms. The van der Waals surface area contributed by atoms with Crippen molar-refractivity contribution in [1.29, 1.82) is 0 Å². The third-order valence-corrected chi connectivity index (χ3v) is 2.87. The fraction of sp³-hybridized carbons (Fsp3) is 0.786. The number of rotatable bonds is 12. The van der Waals surface area contributed by atoms with Crippen LogP contribution in [0, 0.1) is 5.92 Å². The van der Waals surface area contributed by atoms with Crippen LogP contribution < -0.4 is 5.32 Å². The summed E-state index contributed by atoms with van der Waals surface area (Å²) in [5.74, 6) is 0.530. The zero-order chi connectivity index (χ0) is 14.7. The second kappa shape index (κ2) is 11.5. The first-order valence-corrected chi connectivity index (χ1v) is 9.03. The maximum atomic E-state index is 5.56. The molecular weight excluding hydrogens is 261 g/mol. The topological polar surface area (TPSA) is 39.7 Å². The molecule has 3 atom stereocenters. The highest BCUT2D eigenvalue weighted by atomic mass is 31.1. The average Bonchev–Trinajstić information content (AvgIpc) is 2.33. The highest BCUT2D eigenvalue weighted by Crippen LogP contribution is 2.17. The van der Waals surface area contributed by atoms with Crippen LogP contribution in [0.15, 0.2) is 12.3 Å². The third-order valence-electron chi connectivity index (χ3n) is 2.49. The van der Waals surface area contributed by atoms with Gasteiger partial charge >= 0.3 is 0 Å². The van der Waals surface area contributed by atoms with Gasteiger partial charge in [0.15, 0.2) is 6.29 Å². The quantitative estimate of drug-likeness (QED) is 0.197. The van der Waals surface area contributed by atoms with Gasteiger partial charge in [-0.25, -0.2) is 9.56 Å². The van der Waals surface area contributed by atoms with Gasteiger partial charge in [0.05, 0.1) is 6.61 Å². The molecule has 3 unspecified atom stereocenters. The van der Waals surface area contributed by atoms with E-state index in [0.717, 1.165) is 25.1 Å². The second-order valence-corrected chi connectivity index (χ2v) is 6.66. The molecular formula is C14H30NO3P. The van der Waals surface area contributed by atoms with Gasteiger partial charge in [0.1, 0.15) is 0 Å². The van der Waals surface area contributed by atoms with Gasteiger partial charge in [-0.05, 0) is 39.3 Å². The van der Waals surface area contributed by atoms with Gasteiger partial charge in [0.25, 0.3) is 0 Å². The molecule has 0 radical (unpaired) electrons. The number of hydrogen-bond acceptors (Lipinski definition) is 4. The second-order valence-electron chi connectivity index (χ2n) is 5.09. The number of hydrogen-bond donors (Lipinski definition) is 1. The molecule has 0 aromatic carbocycles. The van der Waals surface area contributed by atoms with Crippen molar-refractivity contribution in [2.45, 2.75) is 46.3 Å². The first-order chi connectivity index (χ1) is 8.91. The largest absolute Gasteiger partial charge is 0.389 e. The first-order valence-electron chi connectivity index (χ1n) is 6.91. The number of unbranched alkanes of at least 4 members (excludes halogenated alkanes) is 1. The fourth-order valence-electron chi connectivity index (χ4n) is 1.48. The molecule has 0 heterocycles. The van der Waals surface area contributed by atoms with Gasteiger partial charge in [-0.1, -0.05) is 26.2 Å². The van der Waals surface area contributed by atoms with Gasteiger partial charge in [0, 0.05) is 20.0 Å². The van der Waals surface area contributed by atoms with E-state index in [2.05, 4.69) is 25.1 Å². The van der Waals surface area contributed by atoms with Crippen LogP contribution in [-0.4, -0.2) is 32.4 Å². The Labute approximate surface area is 118 Å². The van der Waals surface area contributed by atoms with E-state index in [4.69, 9.17) is 14.3 Å². The van der Waals surface area contributed by atoms with E-state index >= 15 is 0 Å². The lowest BCUT2D eigenvalue weighted by molar-refractivity contribution is -0.309. The highest BCUT2D eigenvalue weighted by Gasteiger charge is 2.07. The summed E-state index contributed by atoms with van der Waals surface area (Å²) in [5, 5.41) is 3.23. The lowest BCUT2D eigenvalue weighted by Gasteiger charge is -2.17. The van der Waals surface area contributed by atoms with Crippen molar-refractivity contribution in [1.82, 2.24) is 5.32 Å². The molecule has 19 heavy (non-hydrogen) atoms. The van der Waals surface area contributed by atoms with Crippen LogP contribution in [0.25, 0.3) is 0 Å². The average molecular weight is 291 g/mol. The van der Waals surface area contributed by atoms with Crippen molar-refractivity contribution < 1.29 is 14.3 Å². The van der Waals surface area contributed by atoms with Crippen molar-refractivity contribution in [2.24, 2.45) is 5.92 Å². The first kappa shape index (κ1) is 18.7. The summed E-state index contributed by atoms with van der Waals surface area (Å²) >= 11 is 0. The van der Waals surface area contributed by atoms with E-state index in [1.807, 2.05) is 20.5 Å². The predicted molar refractivity (Wildman–Crippen MR) is 84.8 cm³/mol. The van der Waals surface area contributed by atoms with Crippen molar-refractivity contribution >= 4 is 14.1 Å². The Balaban J connectivity index is 3.45. The lowest BCUT2D eigenvalue weighted by atomic mass is 10.1. The number of allylic oxidation sites excluding steroid dienone is 1. The van der Waals surface area contributed by atoms with Crippen LogP contribution >= 0.6 is 7.77 Å². The van der Waals surface area contributed by atoms with Crippen molar-refractivity contribution in [2.75, 3.05) is 19.8 Å². The van der Waals surface area contributed by atoms with E-state index < -0.39 is 7.77 Å². The fourth-order valence-corrected chi connectivity index (χ4v) is 1.78. The molecule has 0 fully saturated rings. The molecule has 0 spiro atoms. The minimum absolute atomic E-state index is 0.325. The van der Waals surface area contributed by atoms with Crippen molar-refractivity contribution in [3.63, 3.8) is 0 Å². The summed E-state index contributed by atoms with van der Waals surface area (Å²) in [7, 11) is -1.06. The number of nitrogens with one attached hydrogen (secondary N) is 1. The SMILES string of the molecule is C=C(C)NCCCCC(C)COC(C)OO[PH](=C)C. The molecule has 4 nitrogen and oxygen atoms in total. The normalized spacial score (nSPS) is 15.8. The predicted octanol–water partition coefficient (Wildman–Crippen LogP) is 3.42. The van der Waals surface area contributed by atoms with E-state index in [9.17, 15) is 0 Å². The summed E-state index contributed by atoms with van der Waals surface area (Å²) in [6, 6.07) is 0. The molecule has 0 saturated carbocycles. The van der Waals surface area contributed by atoms with Gasteiger partial charge in [-0.3, -0.25) is 0 Å². The molecule has 114 valence electrons. The van der Waals surface area contributed by atoms with E-state index in [1.165, 1.54) is 6.42 Å². The van der Waals surface area contributed by atoms with Crippen LogP contribution in [0.4, 0.5) is 0 Å². The maximum absolute atomic E-state index is 5.56. The Kier molecular flexibility index (Phi) is 11.4. The molecule has 0 aromatic heterocycles. The third kappa shape index (κ3) is 13.9. The van der Waals surface area contributed by atoms with E-state index in [-0.39, 0.29) is 6.29 Å². The van der Waals surface area contributed by atoms with Gasteiger partial charge < -0.3 is 10.1 Å². The Morgan fingerprint density at radius 3 is 2.58 bits per heavy atom. The Bertz CT molecular complexity index is 271. The smallest absolute Gasteiger partial charge is 0.188 e. The Hall–Kier alpha value is -0.280. The van der Waals surface area contributed by atoms with Gasteiger partial charge in [0.2, 0.25) is 0 Å². The van der Waals surface area contributed by atoms with Crippen LogP contribution in [0.1, 0.15) is 40.0 Å². The van der Waals surface area contributed by atoms with Crippen LogP contribution in [0.5, 0.6) is 0 Å². The zero-order valence-corrected chi connectivity index (χ0v) is 13.8. The van der Waals surface area contributed by atoms with Crippen molar-refractivity contribution in [3.8, 4) is 0 Å². The van der Waals surface area contributed by atoms with Gasteiger partial charge in [-0.2, -0.15) is 0 Å². The highest BCUT2D eigenvalue weighted by molar-refractivity contribution is 7.49. The van der Waals surface area contributed by atoms with E-state index in [1.54, 1.807) is 0 Å². The maximum Gasteiger partial charge on any atom is 0.188 e. The van der Waals surface area contributed by atoms with E-state index in [0.29, 0.717) is 12.5 Å². The minimum Gasteiger partial charge on any atom is -0.389 e. The summed E-state index contributed by atoms with van der Waals surface area (Å²) < 4.78 is 10.6. The van der Waals surface area contributed by atoms with Gasteiger partial charge in [-0.15, -0.1) is 0 Å². The van der Waals surface area contributed by atoms with Crippen LogP contribution in [0.3, 0.4) is 0 Å². The summed E-state index contributed by atoms with van der Waals surface area (Å²) in [5.41, 5.74) is 1.03. The monoisotopic (exact) mass is 291 g/mol. The molecule has 0 aliphatic rings. The standard InChI is InChI=1S/C14H30NO3P/c1-12(2)15-10-8-7-9-13(3)11-16-14(4)17-18-19(5)6/h13-15,19H,1,5,7-11H2,2-4,6H3. The molecule has 0 bridgehead atoms. The Morgan fingerprint density at radius 1 is 1.32 bits per heavy atom. The zero-order valence-electron chi connectivity index (χ0n) is 12.8. The van der Waals surface area contributed by atoms with Crippen molar-refractivity contribution in [3.05, 3.63) is 12.3 Å². The summed E-state index contributed by atoms with van der Waals surface area (Å²) in [6.07, 6.45) is 6.95. The summed E-state index contributed by atoms with van der Waals surface area (Å²) in [4.78, 5) is 5.06. The molecule has 0 saturated heterocycles. The molecule has 0 aliphatic carbocycles. The van der Waals surface area contributed by atoms with Crippen LogP contribution in [-0.2, 0) is 14.3 Å². The number of ether oxygens (including phenoxy) is 1.